The number of carbonyl (C=O) groups is 2. The van der Waals surface area contributed by atoms with E-state index in [0.29, 0.717) is 32.7 Å². The summed E-state index contributed by atoms with van der Waals surface area (Å²) in [5.41, 5.74) is -0.586. The van der Waals surface area contributed by atoms with Gasteiger partial charge in [-0.25, -0.2) is 4.79 Å². The minimum absolute atomic E-state index is 0.0399. The van der Waals surface area contributed by atoms with Crippen LogP contribution < -0.4 is 5.32 Å². The van der Waals surface area contributed by atoms with Crippen LogP contribution in [0.15, 0.2) is 0 Å². The molecule has 2 heterocycles. The Kier molecular flexibility index (Phi) is 5.20. The number of alkyl carbamates (subject to hydrolysis) is 1. The summed E-state index contributed by atoms with van der Waals surface area (Å²) < 4.78 is 22.7. The van der Waals surface area contributed by atoms with E-state index in [4.69, 9.17) is 18.9 Å². The van der Waals surface area contributed by atoms with Crippen LogP contribution in [-0.4, -0.2) is 72.8 Å². The average molecular weight is 370 g/mol. The molecule has 0 unspecified atom stereocenters. The molecule has 148 valence electrons. The second-order valence-corrected chi connectivity index (χ2v) is 8.60. The van der Waals surface area contributed by atoms with E-state index >= 15 is 0 Å². The van der Waals surface area contributed by atoms with Crippen LogP contribution >= 0.6 is 0 Å². The lowest BCUT2D eigenvalue weighted by molar-refractivity contribution is -0.165. The van der Waals surface area contributed by atoms with Crippen molar-refractivity contribution in [3.63, 3.8) is 0 Å². The minimum Gasteiger partial charge on any atom is -0.444 e. The van der Waals surface area contributed by atoms with Gasteiger partial charge in [-0.3, -0.25) is 4.79 Å². The molecule has 2 aliphatic heterocycles. The smallest absolute Gasteiger partial charge is 0.407 e. The number of morpholine rings is 1. The van der Waals surface area contributed by atoms with Crippen LogP contribution in [0.5, 0.6) is 0 Å². The van der Waals surface area contributed by atoms with Gasteiger partial charge >= 0.3 is 6.09 Å². The number of carbonyl (C=O) groups excluding carboxylic acids is 2. The summed E-state index contributed by atoms with van der Waals surface area (Å²) >= 11 is 0. The lowest BCUT2D eigenvalue weighted by Crippen LogP contribution is -2.46. The Hall–Kier alpha value is -1.38. The molecule has 4 atom stereocenters. The second-order valence-electron chi connectivity index (χ2n) is 8.60. The molecule has 1 aliphatic carbocycles. The van der Waals surface area contributed by atoms with Gasteiger partial charge in [-0.2, -0.15) is 0 Å². The van der Waals surface area contributed by atoms with Crippen molar-refractivity contribution >= 4 is 12.0 Å². The van der Waals surface area contributed by atoms with Gasteiger partial charge in [0.2, 0.25) is 5.91 Å². The van der Waals surface area contributed by atoms with Gasteiger partial charge in [0.15, 0.2) is 5.79 Å². The third-order valence-electron chi connectivity index (χ3n) is 4.81. The van der Waals surface area contributed by atoms with Crippen molar-refractivity contribution in [3.8, 4) is 0 Å². The number of nitrogens with one attached hydrogen (secondary N) is 1. The highest BCUT2D eigenvalue weighted by atomic mass is 16.8. The van der Waals surface area contributed by atoms with Crippen LogP contribution in [-0.2, 0) is 23.7 Å². The fourth-order valence-electron chi connectivity index (χ4n) is 3.84. The molecule has 1 N–H and O–H groups in total. The summed E-state index contributed by atoms with van der Waals surface area (Å²) in [4.78, 5) is 27.0. The zero-order valence-electron chi connectivity index (χ0n) is 16.2. The summed E-state index contributed by atoms with van der Waals surface area (Å²) in [7, 11) is 0. The molecule has 3 fully saturated rings. The largest absolute Gasteiger partial charge is 0.444 e. The number of rotatable bonds is 2. The second kappa shape index (κ2) is 6.98. The molecule has 1 saturated carbocycles. The molecule has 0 aromatic carbocycles. The molecule has 0 aromatic heterocycles. The molecular formula is C18H30N2O6. The van der Waals surface area contributed by atoms with Crippen molar-refractivity contribution in [1.29, 1.82) is 0 Å². The number of ether oxygens (including phenoxy) is 4. The molecule has 0 spiro atoms. The number of fused-ring (bicyclic) bond motifs is 1. The number of hydrogen-bond donors (Lipinski definition) is 1. The molecule has 3 rings (SSSR count). The van der Waals surface area contributed by atoms with Crippen molar-refractivity contribution in [2.24, 2.45) is 5.92 Å². The zero-order chi connectivity index (χ0) is 19.1. The first-order chi connectivity index (χ1) is 12.1. The van der Waals surface area contributed by atoms with Gasteiger partial charge in [0.1, 0.15) is 17.8 Å². The van der Waals surface area contributed by atoms with E-state index in [9.17, 15) is 9.59 Å². The Morgan fingerprint density at radius 1 is 1.12 bits per heavy atom. The number of nitrogens with zero attached hydrogens (tertiary/aromatic N) is 1. The monoisotopic (exact) mass is 370 g/mol. The van der Waals surface area contributed by atoms with Gasteiger partial charge in [0, 0.05) is 13.1 Å². The molecule has 26 heavy (non-hydrogen) atoms. The van der Waals surface area contributed by atoms with Crippen molar-refractivity contribution in [2.45, 2.75) is 70.7 Å². The predicted molar refractivity (Wildman–Crippen MR) is 92.5 cm³/mol. The van der Waals surface area contributed by atoms with Crippen LogP contribution in [0.25, 0.3) is 0 Å². The quantitative estimate of drug-likeness (QED) is 0.788. The Morgan fingerprint density at radius 3 is 2.35 bits per heavy atom. The lowest BCUT2D eigenvalue weighted by Gasteiger charge is -2.31. The molecular weight excluding hydrogens is 340 g/mol. The highest BCUT2D eigenvalue weighted by Crippen LogP contribution is 2.42. The Bertz CT molecular complexity index is 552. The van der Waals surface area contributed by atoms with Gasteiger partial charge in [-0.15, -0.1) is 0 Å². The number of amides is 2. The van der Waals surface area contributed by atoms with E-state index in [1.165, 1.54) is 0 Å². The lowest BCUT2D eigenvalue weighted by atomic mass is 10.0. The molecule has 0 aromatic rings. The molecule has 0 bridgehead atoms. The third kappa shape index (κ3) is 4.29. The Labute approximate surface area is 154 Å². The zero-order valence-corrected chi connectivity index (χ0v) is 16.2. The molecule has 3 aliphatic rings. The maximum atomic E-state index is 13.0. The average Bonchev–Trinajstić information content (AvgIpc) is 3.00. The highest BCUT2D eigenvalue weighted by molar-refractivity contribution is 5.80. The van der Waals surface area contributed by atoms with Crippen LogP contribution in [0, 0.1) is 5.92 Å². The SMILES string of the molecule is CC(C)(C)OC(=O)N[C@@H]1C[C@H](C(=O)N2CCOCC2)[C@H]2OC(C)(C)O[C@H]21. The van der Waals surface area contributed by atoms with Crippen LogP contribution in [0.4, 0.5) is 4.79 Å². The molecule has 8 heteroatoms. The fourth-order valence-corrected chi connectivity index (χ4v) is 3.84. The summed E-state index contributed by atoms with van der Waals surface area (Å²) in [5, 5.41) is 2.87. The molecule has 2 saturated heterocycles. The molecule has 0 radical (unpaired) electrons. The van der Waals surface area contributed by atoms with Gasteiger partial charge < -0.3 is 29.2 Å². The van der Waals surface area contributed by atoms with Crippen molar-refractivity contribution in [1.82, 2.24) is 10.2 Å². The summed E-state index contributed by atoms with van der Waals surface area (Å²) in [6.45, 7) is 11.4. The highest BCUT2D eigenvalue weighted by Gasteiger charge is 2.57. The van der Waals surface area contributed by atoms with E-state index in [0.717, 1.165) is 0 Å². The summed E-state index contributed by atoms with van der Waals surface area (Å²) in [6, 6.07) is -0.327. The van der Waals surface area contributed by atoms with Crippen molar-refractivity contribution < 1.29 is 28.5 Å². The normalized spacial score (nSPS) is 33.7. The standard InChI is InChI=1S/C18H30N2O6/c1-17(2,3)26-16(22)19-12-10-11(13-14(12)25-18(4,5)24-13)15(21)20-6-8-23-9-7-20/h11-14H,6-10H2,1-5H3,(H,19,22)/t11-,12+,13+,14-/m0/s1. The first-order valence-electron chi connectivity index (χ1n) is 9.27. The van der Waals surface area contributed by atoms with E-state index in [2.05, 4.69) is 5.32 Å². The van der Waals surface area contributed by atoms with Gasteiger partial charge in [-0.05, 0) is 41.0 Å². The van der Waals surface area contributed by atoms with E-state index < -0.39 is 17.5 Å². The van der Waals surface area contributed by atoms with Crippen molar-refractivity contribution in [2.75, 3.05) is 26.3 Å². The summed E-state index contributed by atoms with van der Waals surface area (Å²) in [5.74, 6) is -1.09. The van der Waals surface area contributed by atoms with E-state index in [-0.39, 0.29) is 30.1 Å². The first kappa shape index (κ1) is 19.4. The van der Waals surface area contributed by atoms with Crippen LogP contribution in [0.2, 0.25) is 0 Å². The van der Waals surface area contributed by atoms with Crippen molar-refractivity contribution in [3.05, 3.63) is 0 Å². The summed E-state index contributed by atoms with van der Waals surface area (Å²) in [6.07, 6.45) is -0.775. The minimum atomic E-state index is -0.785. The Balaban J connectivity index is 1.71. The van der Waals surface area contributed by atoms with E-state index in [1.807, 2.05) is 39.5 Å². The fraction of sp³-hybridized carbons (Fsp3) is 0.889. The maximum absolute atomic E-state index is 13.0. The molecule has 2 amide bonds. The topological polar surface area (TPSA) is 86.3 Å². The maximum Gasteiger partial charge on any atom is 0.407 e. The molecule has 8 nitrogen and oxygen atoms in total. The Morgan fingerprint density at radius 2 is 1.73 bits per heavy atom. The van der Waals surface area contributed by atoms with Gasteiger partial charge in [-0.1, -0.05) is 0 Å². The van der Waals surface area contributed by atoms with Gasteiger partial charge in [0.25, 0.3) is 0 Å². The first-order valence-corrected chi connectivity index (χ1v) is 9.27. The van der Waals surface area contributed by atoms with E-state index in [1.54, 1.807) is 0 Å². The van der Waals surface area contributed by atoms with Crippen LogP contribution in [0.1, 0.15) is 41.0 Å². The van der Waals surface area contributed by atoms with Crippen LogP contribution in [0.3, 0.4) is 0 Å². The number of hydrogen-bond acceptors (Lipinski definition) is 6. The van der Waals surface area contributed by atoms with Gasteiger partial charge in [0.05, 0.1) is 25.2 Å². The third-order valence-corrected chi connectivity index (χ3v) is 4.81. The predicted octanol–water partition coefficient (Wildman–Crippen LogP) is 1.28.